The van der Waals surface area contributed by atoms with Crippen LogP contribution in [0.2, 0.25) is 0 Å². The van der Waals surface area contributed by atoms with Crippen LogP contribution in [0.4, 0.5) is 0 Å². The summed E-state index contributed by atoms with van der Waals surface area (Å²) in [7, 11) is 0. The van der Waals surface area contributed by atoms with Crippen LogP contribution in [0.1, 0.15) is 25.2 Å². The fourth-order valence-corrected chi connectivity index (χ4v) is 2.17. The molecule has 0 fully saturated rings. The Morgan fingerprint density at radius 3 is 2.89 bits per heavy atom. The van der Waals surface area contributed by atoms with Crippen molar-refractivity contribution < 1.29 is 4.74 Å². The van der Waals surface area contributed by atoms with Crippen LogP contribution >= 0.6 is 11.6 Å². The van der Waals surface area contributed by atoms with Gasteiger partial charge < -0.3 is 9.30 Å². The molecule has 2 aromatic rings. The van der Waals surface area contributed by atoms with E-state index in [1.54, 1.807) is 0 Å². The van der Waals surface area contributed by atoms with Gasteiger partial charge in [0.1, 0.15) is 11.3 Å². The number of aromatic nitrogens is 3. The van der Waals surface area contributed by atoms with Gasteiger partial charge in [0.15, 0.2) is 5.65 Å². The summed E-state index contributed by atoms with van der Waals surface area (Å²) < 4.78 is 7.66. The number of ether oxygens (including phenoxy) is 1. The molecule has 0 aromatic carbocycles. The number of hydrogen-bond acceptors (Lipinski definition) is 3. The number of alkyl halides is 1. The smallest absolute Gasteiger partial charge is 0.160 e. The molecule has 0 unspecified atom stereocenters. The Hall–Kier alpha value is -1.13. The number of aryl methyl sites for hydroxylation is 1. The van der Waals surface area contributed by atoms with Crippen molar-refractivity contribution in [2.45, 2.75) is 33.2 Å². The lowest BCUT2D eigenvalue weighted by Crippen LogP contribution is -2.11. The van der Waals surface area contributed by atoms with E-state index in [0.717, 1.165) is 35.7 Å². The molecule has 0 saturated heterocycles. The van der Waals surface area contributed by atoms with Gasteiger partial charge >= 0.3 is 0 Å². The summed E-state index contributed by atoms with van der Waals surface area (Å²) in [6, 6.07) is 2.03. The number of fused-ring (bicyclic) bond motifs is 1. The lowest BCUT2D eigenvalue weighted by molar-refractivity contribution is 0.103. The topological polar surface area (TPSA) is 39.9 Å². The molecular formula is C14H20ClN3O. The molecule has 0 radical (unpaired) electrons. The van der Waals surface area contributed by atoms with E-state index >= 15 is 0 Å². The quantitative estimate of drug-likeness (QED) is 0.603. The van der Waals surface area contributed by atoms with Crippen LogP contribution in [0.15, 0.2) is 12.3 Å². The van der Waals surface area contributed by atoms with Crippen LogP contribution in [0.25, 0.3) is 11.2 Å². The first-order valence-corrected chi connectivity index (χ1v) is 7.10. The Labute approximate surface area is 118 Å². The molecule has 0 spiro atoms. The van der Waals surface area contributed by atoms with Crippen LogP contribution in [-0.2, 0) is 17.2 Å². The third-order valence-corrected chi connectivity index (χ3v) is 3.07. The van der Waals surface area contributed by atoms with Gasteiger partial charge in [0, 0.05) is 19.3 Å². The Morgan fingerprint density at radius 2 is 2.21 bits per heavy atom. The highest BCUT2D eigenvalue weighted by molar-refractivity contribution is 6.16. The number of imidazole rings is 1. The second kappa shape index (κ2) is 6.35. The average molecular weight is 282 g/mol. The summed E-state index contributed by atoms with van der Waals surface area (Å²) in [6.07, 6.45) is 1.85. The highest BCUT2D eigenvalue weighted by Gasteiger charge is 2.11. The van der Waals surface area contributed by atoms with E-state index in [2.05, 4.69) is 23.8 Å². The summed E-state index contributed by atoms with van der Waals surface area (Å²) in [5, 5.41) is 0. The van der Waals surface area contributed by atoms with Crippen molar-refractivity contribution in [1.29, 1.82) is 0 Å². The second-order valence-corrected chi connectivity index (χ2v) is 5.40. The summed E-state index contributed by atoms with van der Waals surface area (Å²) >= 11 is 5.95. The summed E-state index contributed by atoms with van der Waals surface area (Å²) in [4.78, 5) is 8.97. The fourth-order valence-electron chi connectivity index (χ4n) is 1.97. The minimum atomic E-state index is 0.388. The third kappa shape index (κ3) is 3.45. The number of halogens is 1. The Balaban J connectivity index is 2.16. The van der Waals surface area contributed by atoms with Gasteiger partial charge in [-0.25, -0.2) is 9.97 Å². The molecule has 0 N–H and O–H groups in total. The molecule has 2 rings (SSSR count). The van der Waals surface area contributed by atoms with E-state index in [1.165, 1.54) is 0 Å². The number of pyridine rings is 1. The largest absolute Gasteiger partial charge is 0.379 e. The molecule has 0 aliphatic heterocycles. The Bertz CT molecular complexity index is 551. The first-order chi connectivity index (χ1) is 9.11. The molecule has 19 heavy (non-hydrogen) atoms. The van der Waals surface area contributed by atoms with Gasteiger partial charge in [-0.3, -0.25) is 0 Å². The molecule has 2 heterocycles. The molecule has 0 aliphatic rings. The summed E-state index contributed by atoms with van der Waals surface area (Å²) in [6.45, 7) is 8.46. The molecule has 4 nitrogen and oxygen atoms in total. The SMILES string of the molecule is Cc1cnc2c(c1)nc(CCl)n2CCOCC(C)C. The maximum absolute atomic E-state index is 5.95. The van der Waals surface area contributed by atoms with Gasteiger partial charge in [-0.1, -0.05) is 13.8 Å². The monoisotopic (exact) mass is 281 g/mol. The third-order valence-electron chi connectivity index (χ3n) is 2.83. The predicted molar refractivity (Wildman–Crippen MR) is 77.5 cm³/mol. The van der Waals surface area contributed by atoms with Gasteiger partial charge in [0.25, 0.3) is 0 Å². The molecular weight excluding hydrogens is 262 g/mol. The molecule has 2 aromatic heterocycles. The van der Waals surface area contributed by atoms with Gasteiger partial charge in [-0.15, -0.1) is 11.6 Å². The van der Waals surface area contributed by atoms with Crippen LogP contribution in [0.3, 0.4) is 0 Å². The molecule has 5 heteroatoms. The zero-order valence-electron chi connectivity index (χ0n) is 11.7. The lowest BCUT2D eigenvalue weighted by atomic mass is 10.2. The van der Waals surface area contributed by atoms with E-state index in [9.17, 15) is 0 Å². The average Bonchev–Trinajstić information content (AvgIpc) is 2.71. The van der Waals surface area contributed by atoms with E-state index in [-0.39, 0.29) is 0 Å². The van der Waals surface area contributed by atoms with Crippen molar-refractivity contribution in [2.24, 2.45) is 5.92 Å². The second-order valence-electron chi connectivity index (χ2n) is 5.14. The van der Waals surface area contributed by atoms with Crippen molar-refractivity contribution in [3.63, 3.8) is 0 Å². The van der Waals surface area contributed by atoms with Crippen molar-refractivity contribution in [3.05, 3.63) is 23.7 Å². The zero-order chi connectivity index (χ0) is 13.8. The molecule has 0 aliphatic carbocycles. The van der Waals surface area contributed by atoms with Crippen LogP contribution in [0.5, 0.6) is 0 Å². The molecule has 0 bridgehead atoms. The minimum absolute atomic E-state index is 0.388. The highest BCUT2D eigenvalue weighted by Crippen LogP contribution is 2.16. The van der Waals surface area contributed by atoms with Gasteiger partial charge in [0.2, 0.25) is 0 Å². The molecule has 0 atom stereocenters. The Kier molecular flexibility index (Phi) is 4.77. The number of rotatable bonds is 6. The van der Waals surface area contributed by atoms with Crippen molar-refractivity contribution in [2.75, 3.05) is 13.2 Å². The number of hydrogen-bond donors (Lipinski definition) is 0. The van der Waals surface area contributed by atoms with Crippen molar-refractivity contribution >= 4 is 22.8 Å². The first kappa shape index (κ1) is 14.3. The van der Waals surface area contributed by atoms with Gasteiger partial charge in [-0.2, -0.15) is 0 Å². The van der Waals surface area contributed by atoms with E-state index in [1.807, 2.05) is 23.8 Å². The van der Waals surface area contributed by atoms with Crippen molar-refractivity contribution in [3.8, 4) is 0 Å². The zero-order valence-corrected chi connectivity index (χ0v) is 12.4. The standard InChI is InChI=1S/C14H20ClN3O/c1-10(2)9-19-5-4-18-13(7-15)17-12-6-11(3)8-16-14(12)18/h6,8,10H,4-5,7,9H2,1-3H3. The maximum Gasteiger partial charge on any atom is 0.160 e. The van der Waals surface area contributed by atoms with Crippen molar-refractivity contribution in [1.82, 2.24) is 14.5 Å². The van der Waals surface area contributed by atoms with Crippen LogP contribution in [-0.4, -0.2) is 27.7 Å². The van der Waals surface area contributed by atoms with E-state index in [0.29, 0.717) is 18.4 Å². The first-order valence-electron chi connectivity index (χ1n) is 6.57. The normalized spacial score (nSPS) is 11.6. The van der Waals surface area contributed by atoms with Crippen LogP contribution in [0, 0.1) is 12.8 Å². The molecule has 0 amide bonds. The Morgan fingerprint density at radius 1 is 1.42 bits per heavy atom. The molecule has 0 saturated carbocycles. The van der Waals surface area contributed by atoms with E-state index < -0.39 is 0 Å². The van der Waals surface area contributed by atoms with E-state index in [4.69, 9.17) is 16.3 Å². The lowest BCUT2D eigenvalue weighted by Gasteiger charge is -2.09. The van der Waals surface area contributed by atoms with Gasteiger partial charge in [0.05, 0.1) is 12.5 Å². The maximum atomic E-state index is 5.95. The summed E-state index contributed by atoms with van der Waals surface area (Å²) in [5.74, 6) is 1.79. The predicted octanol–water partition coefficient (Wildman–Crippen LogP) is 3.15. The summed E-state index contributed by atoms with van der Waals surface area (Å²) in [5.41, 5.74) is 2.89. The highest BCUT2D eigenvalue weighted by atomic mass is 35.5. The number of nitrogens with zero attached hydrogens (tertiary/aromatic N) is 3. The molecule has 104 valence electrons. The van der Waals surface area contributed by atoms with Gasteiger partial charge in [-0.05, 0) is 24.5 Å². The van der Waals surface area contributed by atoms with Crippen LogP contribution < -0.4 is 0 Å². The fraction of sp³-hybridized carbons (Fsp3) is 0.571. The minimum Gasteiger partial charge on any atom is -0.379 e.